The summed E-state index contributed by atoms with van der Waals surface area (Å²) in [6.07, 6.45) is 3.31. The first-order valence-corrected chi connectivity index (χ1v) is 10.2. The van der Waals surface area contributed by atoms with Crippen molar-refractivity contribution >= 4 is 5.91 Å². The van der Waals surface area contributed by atoms with Crippen LogP contribution in [-0.4, -0.2) is 15.7 Å². The van der Waals surface area contributed by atoms with Crippen LogP contribution in [0.15, 0.2) is 54.6 Å². The van der Waals surface area contributed by atoms with Crippen molar-refractivity contribution < 1.29 is 9.18 Å². The lowest BCUT2D eigenvalue weighted by atomic mass is 9.92. The molecule has 5 rings (SSSR count). The Morgan fingerprint density at radius 2 is 1.76 bits per heavy atom. The molecule has 29 heavy (non-hydrogen) atoms. The number of halogens is 1. The van der Waals surface area contributed by atoms with E-state index in [1.165, 1.54) is 12.1 Å². The van der Waals surface area contributed by atoms with Crippen molar-refractivity contribution in [3.05, 3.63) is 82.9 Å². The number of hydrogen-bond donors (Lipinski definition) is 1. The van der Waals surface area contributed by atoms with Crippen LogP contribution in [0.1, 0.15) is 72.3 Å². The molecule has 5 heteroatoms. The molecule has 4 nitrogen and oxygen atoms in total. The number of benzene rings is 2. The Bertz CT molecular complexity index is 1070. The third-order valence-electron chi connectivity index (χ3n) is 6.39. The fourth-order valence-electron chi connectivity index (χ4n) is 4.95. The third kappa shape index (κ3) is 2.96. The van der Waals surface area contributed by atoms with Gasteiger partial charge >= 0.3 is 0 Å². The average molecular weight is 389 g/mol. The van der Waals surface area contributed by atoms with Crippen LogP contribution in [0.2, 0.25) is 0 Å². The lowest BCUT2D eigenvalue weighted by Gasteiger charge is -2.27. The van der Waals surface area contributed by atoms with Crippen LogP contribution in [0.4, 0.5) is 4.39 Å². The number of rotatable bonds is 4. The van der Waals surface area contributed by atoms with Gasteiger partial charge in [-0.3, -0.25) is 4.79 Å². The molecule has 0 aliphatic heterocycles. The molecule has 2 aliphatic rings. The summed E-state index contributed by atoms with van der Waals surface area (Å²) in [6, 6.07) is 16.3. The molecule has 0 unspecified atom stereocenters. The van der Waals surface area contributed by atoms with Crippen molar-refractivity contribution in [1.82, 2.24) is 15.1 Å². The fourth-order valence-corrected chi connectivity index (χ4v) is 4.95. The number of hydrogen-bond acceptors (Lipinski definition) is 2. The minimum atomic E-state index is -0.511. The van der Waals surface area contributed by atoms with Crippen molar-refractivity contribution in [2.24, 2.45) is 0 Å². The predicted molar refractivity (Wildman–Crippen MR) is 110 cm³/mol. The van der Waals surface area contributed by atoms with Crippen LogP contribution in [0.5, 0.6) is 0 Å². The van der Waals surface area contributed by atoms with E-state index in [-0.39, 0.29) is 11.7 Å². The van der Waals surface area contributed by atoms with Crippen LogP contribution in [0.25, 0.3) is 5.69 Å². The second-order valence-corrected chi connectivity index (χ2v) is 8.69. The molecule has 2 bridgehead atoms. The van der Waals surface area contributed by atoms with E-state index >= 15 is 0 Å². The number of fused-ring (bicyclic) bond motifs is 5. The van der Waals surface area contributed by atoms with Gasteiger partial charge in [0, 0.05) is 11.5 Å². The van der Waals surface area contributed by atoms with Gasteiger partial charge in [0.1, 0.15) is 5.82 Å². The molecule has 1 heterocycles. The van der Waals surface area contributed by atoms with Gasteiger partial charge in [-0.15, -0.1) is 0 Å². The minimum absolute atomic E-state index is 0.150. The first-order chi connectivity index (χ1) is 13.9. The molecule has 1 amide bonds. The molecule has 1 fully saturated rings. The summed E-state index contributed by atoms with van der Waals surface area (Å²) in [5, 5.41) is 7.91. The molecular formula is C24H24FN3O. The highest BCUT2D eigenvalue weighted by molar-refractivity contribution is 5.95. The largest absolute Gasteiger partial charge is 0.342 e. The Morgan fingerprint density at radius 3 is 2.48 bits per heavy atom. The molecule has 2 aromatic carbocycles. The zero-order chi connectivity index (χ0) is 20.2. The lowest BCUT2D eigenvalue weighted by molar-refractivity contribution is 0.0905. The van der Waals surface area contributed by atoms with Crippen molar-refractivity contribution in [3.63, 3.8) is 0 Å². The smallest absolute Gasteiger partial charge is 0.272 e. The highest BCUT2D eigenvalue weighted by Crippen LogP contribution is 2.54. The first kappa shape index (κ1) is 18.1. The second kappa shape index (κ2) is 6.55. The number of carbonyl (C=O) groups is 1. The van der Waals surface area contributed by atoms with Gasteiger partial charge in [0.25, 0.3) is 5.91 Å². The minimum Gasteiger partial charge on any atom is -0.342 e. The summed E-state index contributed by atoms with van der Waals surface area (Å²) in [7, 11) is 0. The second-order valence-electron chi connectivity index (χ2n) is 8.69. The molecule has 148 valence electrons. The van der Waals surface area contributed by atoms with Crippen LogP contribution < -0.4 is 5.32 Å². The number of carbonyl (C=O) groups excluding carboxylic acids is 1. The highest BCUT2D eigenvalue weighted by atomic mass is 19.1. The lowest BCUT2D eigenvalue weighted by Crippen LogP contribution is -2.41. The highest BCUT2D eigenvalue weighted by Gasteiger charge is 2.44. The van der Waals surface area contributed by atoms with Gasteiger partial charge in [0.2, 0.25) is 0 Å². The average Bonchev–Trinajstić information content (AvgIpc) is 3.42. The SMILES string of the molecule is CC(C)(NC(=O)c1nn(-c2ccc(F)cc2)c2c1[C@H]1CC[C@H]2C1)c1ccccc1. The van der Waals surface area contributed by atoms with Gasteiger partial charge < -0.3 is 5.32 Å². The van der Waals surface area contributed by atoms with Crippen molar-refractivity contribution in [3.8, 4) is 5.69 Å². The van der Waals surface area contributed by atoms with Gasteiger partial charge in [0.05, 0.1) is 16.9 Å². The number of amides is 1. The Morgan fingerprint density at radius 1 is 1.07 bits per heavy atom. The van der Waals surface area contributed by atoms with Crippen LogP contribution >= 0.6 is 0 Å². The standard InChI is InChI=1S/C24H24FN3O/c1-24(2,17-6-4-3-5-7-17)26-23(29)21-20-15-8-9-16(14-15)22(20)28(27-21)19-12-10-18(25)11-13-19/h3-7,10-13,15-16H,8-9,14H2,1-2H3,(H,26,29)/t15-,16-/m0/s1. The summed E-state index contributed by atoms with van der Waals surface area (Å²) >= 11 is 0. The molecule has 2 atom stereocenters. The monoisotopic (exact) mass is 389 g/mol. The Hall–Kier alpha value is -2.95. The maximum absolute atomic E-state index is 13.4. The molecular weight excluding hydrogens is 365 g/mol. The van der Waals surface area contributed by atoms with Gasteiger partial charge in [-0.2, -0.15) is 5.10 Å². The number of nitrogens with one attached hydrogen (secondary N) is 1. The molecule has 3 aromatic rings. The zero-order valence-electron chi connectivity index (χ0n) is 16.7. The van der Waals surface area contributed by atoms with E-state index < -0.39 is 5.54 Å². The van der Waals surface area contributed by atoms with Crippen molar-refractivity contribution in [2.45, 2.75) is 50.5 Å². The van der Waals surface area contributed by atoms with E-state index in [4.69, 9.17) is 5.10 Å². The summed E-state index contributed by atoms with van der Waals surface area (Å²) in [4.78, 5) is 13.3. The van der Waals surface area contributed by atoms with E-state index in [9.17, 15) is 9.18 Å². The van der Waals surface area contributed by atoms with Gasteiger partial charge in [0.15, 0.2) is 5.69 Å². The summed E-state index contributed by atoms with van der Waals surface area (Å²) in [5.41, 5.74) is 4.08. The number of nitrogens with zero attached hydrogens (tertiary/aromatic N) is 2. The van der Waals surface area contributed by atoms with Crippen molar-refractivity contribution in [1.29, 1.82) is 0 Å². The number of aromatic nitrogens is 2. The van der Waals surface area contributed by atoms with Gasteiger partial charge in [-0.1, -0.05) is 30.3 Å². The topological polar surface area (TPSA) is 46.9 Å². The van der Waals surface area contributed by atoms with E-state index in [1.54, 1.807) is 12.1 Å². The molecule has 1 N–H and O–H groups in total. The molecule has 0 saturated heterocycles. The maximum Gasteiger partial charge on any atom is 0.272 e. The van der Waals surface area contributed by atoms with Crippen LogP contribution in [-0.2, 0) is 5.54 Å². The zero-order valence-corrected chi connectivity index (χ0v) is 16.7. The van der Waals surface area contributed by atoms with E-state index in [1.807, 2.05) is 48.9 Å². The van der Waals surface area contributed by atoms with Gasteiger partial charge in [-0.25, -0.2) is 9.07 Å². The quantitative estimate of drug-likeness (QED) is 0.679. The molecule has 0 spiro atoms. The predicted octanol–water partition coefficient (Wildman–Crippen LogP) is 5.04. The molecule has 0 radical (unpaired) electrons. The van der Waals surface area contributed by atoms with Gasteiger partial charge in [-0.05, 0) is 68.9 Å². The molecule has 2 aliphatic carbocycles. The van der Waals surface area contributed by atoms with E-state index in [0.29, 0.717) is 17.5 Å². The van der Waals surface area contributed by atoms with E-state index in [2.05, 4.69) is 5.32 Å². The van der Waals surface area contributed by atoms with Crippen LogP contribution in [0, 0.1) is 5.82 Å². The summed E-state index contributed by atoms with van der Waals surface area (Å²) < 4.78 is 15.3. The van der Waals surface area contributed by atoms with Crippen molar-refractivity contribution in [2.75, 3.05) is 0 Å². The van der Waals surface area contributed by atoms with Crippen LogP contribution in [0.3, 0.4) is 0 Å². The summed E-state index contributed by atoms with van der Waals surface area (Å²) in [5.74, 6) is 0.395. The maximum atomic E-state index is 13.4. The Balaban J connectivity index is 1.54. The summed E-state index contributed by atoms with van der Waals surface area (Å²) in [6.45, 7) is 4.01. The molecule has 1 aromatic heterocycles. The normalized spacial score (nSPS) is 20.0. The Labute approximate surface area is 169 Å². The fraction of sp³-hybridized carbons (Fsp3) is 0.333. The Kier molecular flexibility index (Phi) is 4.09. The third-order valence-corrected chi connectivity index (χ3v) is 6.39. The molecule has 1 saturated carbocycles. The van der Waals surface area contributed by atoms with E-state index in [0.717, 1.165) is 41.8 Å². The first-order valence-electron chi connectivity index (χ1n) is 10.2.